The molecule has 0 spiro atoms. The molecule has 2 aliphatic rings. The van der Waals surface area contributed by atoms with Crippen molar-refractivity contribution < 1.29 is 14.3 Å². The van der Waals surface area contributed by atoms with E-state index in [0.29, 0.717) is 6.42 Å². The highest BCUT2D eigenvalue weighted by Gasteiger charge is 2.49. The Bertz CT molecular complexity index is 576. The molecule has 1 heterocycles. The monoisotopic (exact) mass is 316 g/mol. The summed E-state index contributed by atoms with van der Waals surface area (Å²) in [5, 5.41) is 2.89. The Morgan fingerprint density at radius 1 is 1.13 bits per heavy atom. The second-order valence-corrected chi connectivity index (χ2v) is 6.66. The molecule has 1 N–H and O–H groups in total. The fourth-order valence-corrected chi connectivity index (χ4v) is 3.05. The normalized spacial score (nSPS) is 23.0. The van der Waals surface area contributed by atoms with Crippen LogP contribution in [0.25, 0.3) is 0 Å². The minimum Gasteiger partial charge on any atom is -0.491 e. The largest absolute Gasteiger partial charge is 0.491 e. The molecule has 1 aliphatic heterocycles. The molecule has 5 heteroatoms. The van der Waals surface area contributed by atoms with Crippen LogP contribution in [0.1, 0.15) is 33.1 Å². The lowest BCUT2D eigenvalue weighted by Gasteiger charge is -2.15. The van der Waals surface area contributed by atoms with Gasteiger partial charge < -0.3 is 15.0 Å². The third-order valence-electron chi connectivity index (χ3n) is 4.36. The van der Waals surface area contributed by atoms with E-state index in [1.54, 1.807) is 0 Å². The van der Waals surface area contributed by atoms with Gasteiger partial charge in [-0.3, -0.25) is 9.59 Å². The van der Waals surface area contributed by atoms with Crippen molar-refractivity contribution in [1.29, 1.82) is 0 Å². The van der Waals surface area contributed by atoms with Gasteiger partial charge in [0.1, 0.15) is 5.75 Å². The van der Waals surface area contributed by atoms with E-state index in [0.717, 1.165) is 37.4 Å². The first-order chi connectivity index (χ1) is 11.0. The first-order valence-corrected chi connectivity index (χ1v) is 8.41. The topological polar surface area (TPSA) is 58.6 Å². The Kier molecular flexibility index (Phi) is 4.55. The number of nitrogens with zero attached hydrogens (tertiary/aromatic N) is 1. The van der Waals surface area contributed by atoms with E-state index in [-0.39, 0.29) is 29.8 Å². The second kappa shape index (κ2) is 6.60. The van der Waals surface area contributed by atoms with Crippen molar-refractivity contribution in [3.05, 3.63) is 24.3 Å². The lowest BCUT2D eigenvalue weighted by molar-refractivity contribution is -0.133. The summed E-state index contributed by atoms with van der Waals surface area (Å²) in [5.41, 5.74) is 0.741. The average Bonchev–Trinajstić information content (AvgIpc) is 3.13. The molecule has 1 aliphatic carbocycles. The molecule has 0 bridgehead atoms. The minimum absolute atomic E-state index is 0.0555. The van der Waals surface area contributed by atoms with E-state index in [4.69, 9.17) is 4.74 Å². The Labute approximate surface area is 137 Å². The van der Waals surface area contributed by atoms with Crippen LogP contribution in [0.4, 0.5) is 5.69 Å². The SMILES string of the molecule is CC(C)Oc1ccc(NC(=O)C2CC2C(=O)N2CCCC2)cc1. The highest BCUT2D eigenvalue weighted by molar-refractivity contribution is 5.99. The van der Waals surface area contributed by atoms with Gasteiger partial charge in [-0.15, -0.1) is 0 Å². The number of amides is 2. The summed E-state index contributed by atoms with van der Waals surface area (Å²) < 4.78 is 5.58. The molecule has 0 radical (unpaired) electrons. The van der Waals surface area contributed by atoms with Gasteiger partial charge in [-0.05, 0) is 57.4 Å². The fraction of sp³-hybridized carbons (Fsp3) is 0.556. The molecule has 1 saturated carbocycles. The molecule has 2 fully saturated rings. The highest BCUT2D eigenvalue weighted by Crippen LogP contribution is 2.41. The molecule has 2 unspecified atom stereocenters. The van der Waals surface area contributed by atoms with Crippen molar-refractivity contribution in [3.63, 3.8) is 0 Å². The maximum Gasteiger partial charge on any atom is 0.228 e. The second-order valence-electron chi connectivity index (χ2n) is 6.66. The van der Waals surface area contributed by atoms with Gasteiger partial charge in [-0.1, -0.05) is 0 Å². The quantitative estimate of drug-likeness (QED) is 0.908. The fourth-order valence-electron chi connectivity index (χ4n) is 3.05. The Hall–Kier alpha value is -2.04. The average molecular weight is 316 g/mol. The number of ether oxygens (including phenoxy) is 1. The number of benzene rings is 1. The van der Waals surface area contributed by atoms with Crippen molar-refractivity contribution in [2.75, 3.05) is 18.4 Å². The van der Waals surface area contributed by atoms with Gasteiger partial charge in [0.05, 0.1) is 17.9 Å². The molecular weight excluding hydrogens is 292 g/mol. The van der Waals surface area contributed by atoms with Gasteiger partial charge in [0.2, 0.25) is 11.8 Å². The molecule has 124 valence electrons. The van der Waals surface area contributed by atoms with E-state index in [1.807, 2.05) is 43.0 Å². The molecule has 3 rings (SSSR count). The summed E-state index contributed by atoms with van der Waals surface area (Å²) in [6, 6.07) is 7.34. The van der Waals surface area contributed by atoms with Crippen molar-refractivity contribution in [1.82, 2.24) is 4.90 Å². The summed E-state index contributed by atoms with van der Waals surface area (Å²) in [6.45, 7) is 5.64. The van der Waals surface area contributed by atoms with Crippen LogP contribution in [0.3, 0.4) is 0 Å². The molecule has 1 saturated heterocycles. The number of carbonyl (C=O) groups excluding carboxylic acids is 2. The molecule has 0 aromatic heterocycles. The van der Waals surface area contributed by atoms with Gasteiger partial charge in [0.25, 0.3) is 0 Å². The van der Waals surface area contributed by atoms with Crippen molar-refractivity contribution in [2.45, 2.75) is 39.2 Å². The number of likely N-dealkylation sites (tertiary alicyclic amines) is 1. The number of nitrogens with one attached hydrogen (secondary N) is 1. The summed E-state index contributed by atoms with van der Waals surface area (Å²) in [6.07, 6.45) is 2.97. The van der Waals surface area contributed by atoms with E-state index in [2.05, 4.69) is 5.32 Å². The van der Waals surface area contributed by atoms with Crippen molar-refractivity contribution in [3.8, 4) is 5.75 Å². The lowest BCUT2D eigenvalue weighted by atomic mass is 10.2. The lowest BCUT2D eigenvalue weighted by Crippen LogP contribution is -2.30. The third-order valence-corrected chi connectivity index (χ3v) is 4.36. The third kappa shape index (κ3) is 3.84. The molecule has 5 nitrogen and oxygen atoms in total. The number of carbonyl (C=O) groups is 2. The van der Waals surface area contributed by atoms with E-state index < -0.39 is 0 Å². The van der Waals surface area contributed by atoms with Crippen LogP contribution in [0, 0.1) is 11.8 Å². The van der Waals surface area contributed by atoms with E-state index >= 15 is 0 Å². The highest BCUT2D eigenvalue weighted by atomic mass is 16.5. The predicted octanol–water partition coefficient (Wildman–Crippen LogP) is 2.67. The Morgan fingerprint density at radius 2 is 1.78 bits per heavy atom. The molecule has 1 aromatic rings. The van der Waals surface area contributed by atoms with Crippen LogP contribution in [-0.2, 0) is 9.59 Å². The van der Waals surface area contributed by atoms with Gasteiger partial charge in [0, 0.05) is 18.8 Å². The van der Waals surface area contributed by atoms with E-state index in [9.17, 15) is 9.59 Å². The van der Waals surface area contributed by atoms with Crippen LogP contribution in [0.5, 0.6) is 5.75 Å². The molecule has 2 amide bonds. The Morgan fingerprint density at radius 3 is 2.39 bits per heavy atom. The molecular formula is C18H24N2O3. The maximum atomic E-state index is 12.3. The van der Waals surface area contributed by atoms with Gasteiger partial charge in [0.15, 0.2) is 0 Å². The molecule has 23 heavy (non-hydrogen) atoms. The minimum atomic E-state index is -0.172. The zero-order valence-corrected chi connectivity index (χ0v) is 13.7. The number of hydrogen-bond donors (Lipinski definition) is 1. The van der Waals surface area contributed by atoms with Crippen molar-refractivity contribution >= 4 is 17.5 Å². The zero-order chi connectivity index (χ0) is 16.4. The van der Waals surface area contributed by atoms with Crippen LogP contribution in [0.15, 0.2) is 24.3 Å². The first kappa shape index (κ1) is 15.8. The predicted molar refractivity (Wildman–Crippen MR) is 88.2 cm³/mol. The van der Waals surface area contributed by atoms with Crippen LogP contribution in [0.2, 0.25) is 0 Å². The number of anilines is 1. The van der Waals surface area contributed by atoms with E-state index in [1.165, 1.54) is 0 Å². The van der Waals surface area contributed by atoms with Gasteiger partial charge >= 0.3 is 0 Å². The zero-order valence-electron chi connectivity index (χ0n) is 13.7. The van der Waals surface area contributed by atoms with Crippen LogP contribution in [-0.4, -0.2) is 35.9 Å². The van der Waals surface area contributed by atoms with Crippen molar-refractivity contribution in [2.24, 2.45) is 11.8 Å². The summed E-state index contributed by atoms with van der Waals surface area (Å²) in [5.74, 6) is 0.598. The first-order valence-electron chi connectivity index (χ1n) is 8.41. The summed E-state index contributed by atoms with van der Waals surface area (Å²) in [7, 11) is 0. The molecule has 2 atom stereocenters. The Balaban J connectivity index is 1.51. The number of rotatable bonds is 5. The van der Waals surface area contributed by atoms with Crippen LogP contribution < -0.4 is 10.1 Å². The van der Waals surface area contributed by atoms with Gasteiger partial charge in [-0.25, -0.2) is 0 Å². The van der Waals surface area contributed by atoms with Gasteiger partial charge in [-0.2, -0.15) is 0 Å². The maximum absolute atomic E-state index is 12.3. The summed E-state index contributed by atoms with van der Waals surface area (Å²) in [4.78, 5) is 26.4. The van der Waals surface area contributed by atoms with Crippen LogP contribution >= 0.6 is 0 Å². The summed E-state index contributed by atoms with van der Waals surface area (Å²) >= 11 is 0. The number of hydrogen-bond acceptors (Lipinski definition) is 3. The molecule has 1 aromatic carbocycles. The standard InChI is InChI=1S/C18H24N2O3/c1-12(2)23-14-7-5-13(6-8-14)19-17(21)15-11-16(15)18(22)20-9-3-4-10-20/h5-8,12,15-16H,3-4,9-11H2,1-2H3,(H,19,21). The smallest absolute Gasteiger partial charge is 0.228 e.